The van der Waals surface area contributed by atoms with E-state index >= 15 is 0 Å². The van der Waals surface area contributed by atoms with E-state index in [9.17, 15) is 15.0 Å². The lowest BCUT2D eigenvalue weighted by Crippen LogP contribution is -2.09. The second kappa shape index (κ2) is 5.56. The summed E-state index contributed by atoms with van der Waals surface area (Å²) in [5, 5.41) is 18.7. The first-order valence-electron chi connectivity index (χ1n) is 6.06. The first kappa shape index (κ1) is 13.8. The van der Waals surface area contributed by atoms with Gasteiger partial charge in [-0.1, -0.05) is 0 Å². The highest BCUT2D eigenvalue weighted by Crippen LogP contribution is 2.29. The number of hydrogen-bond donors (Lipinski definition) is 2. The monoisotopic (exact) mass is 274 g/mol. The summed E-state index contributed by atoms with van der Waals surface area (Å²) < 4.78 is 4.90. The molecular formula is C14H14N2O4. The van der Waals surface area contributed by atoms with Gasteiger partial charge in [0.15, 0.2) is 17.3 Å². The van der Waals surface area contributed by atoms with Crippen LogP contribution in [0.3, 0.4) is 0 Å². The number of phenolic OH excluding ortho intramolecular Hbond substituents is 2. The SMILES string of the molecule is CCOC(=O)c1cnc(-c2ccc(O)c(O)c2)nc1C. The van der Waals surface area contributed by atoms with Crippen molar-refractivity contribution in [2.75, 3.05) is 6.61 Å². The van der Waals surface area contributed by atoms with Crippen LogP contribution in [0.4, 0.5) is 0 Å². The average Bonchev–Trinajstić information content (AvgIpc) is 2.42. The van der Waals surface area contributed by atoms with Crippen LogP contribution in [-0.4, -0.2) is 32.8 Å². The summed E-state index contributed by atoms with van der Waals surface area (Å²) in [7, 11) is 0. The van der Waals surface area contributed by atoms with E-state index < -0.39 is 5.97 Å². The second-order valence-electron chi connectivity index (χ2n) is 4.12. The first-order chi connectivity index (χ1) is 9.52. The number of ether oxygens (including phenoxy) is 1. The molecule has 0 radical (unpaired) electrons. The molecule has 0 aliphatic heterocycles. The summed E-state index contributed by atoms with van der Waals surface area (Å²) in [5.74, 6) is -0.581. The van der Waals surface area contributed by atoms with E-state index in [1.807, 2.05) is 0 Å². The van der Waals surface area contributed by atoms with Gasteiger partial charge in [-0.05, 0) is 32.0 Å². The van der Waals surface area contributed by atoms with Crippen molar-refractivity contribution < 1.29 is 19.7 Å². The Labute approximate surface area is 115 Å². The predicted molar refractivity (Wildman–Crippen MR) is 71.5 cm³/mol. The standard InChI is InChI=1S/C14H14N2O4/c1-3-20-14(19)10-7-15-13(16-8(10)2)9-4-5-11(17)12(18)6-9/h4-7,17-18H,3H2,1-2H3. The Kier molecular flexibility index (Phi) is 3.84. The van der Waals surface area contributed by atoms with E-state index in [2.05, 4.69) is 9.97 Å². The molecule has 0 fully saturated rings. The van der Waals surface area contributed by atoms with Crippen LogP contribution in [0.25, 0.3) is 11.4 Å². The molecule has 2 rings (SSSR count). The maximum Gasteiger partial charge on any atom is 0.341 e. The van der Waals surface area contributed by atoms with Gasteiger partial charge in [-0.3, -0.25) is 0 Å². The molecule has 6 nitrogen and oxygen atoms in total. The van der Waals surface area contributed by atoms with Crippen LogP contribution in [0.1, 0.15) is 23.0 Å². The number of aryl methyl sites for hydroxylation is 1. The topological polar surface area (TPSA) is 92.5 Å². The quantitative estimate of drug-likeness (QED) is 0.657. The number of nitrogens with zero attached hydrogens (tertiary/aromatic N) is 2. The highest BCUT2D eigenvalue weighted by atomic mass is 16.5. The van der Waals surface area contributed by atoms with E-state index in [0.717, 1.165) is 0 Å². The van der Waals surface area contributed by atoms with E-state index in [0.29, 0.717) is 22.6 Å². The number of carbonyl (C=O) groups excluding carboxylic acids is 1. The summed E-state index contributed by atoms with van der Waals surface area (Å²) in [4.78, 5) is 19.9. The molecule has 0 saturated carbocycles. The Bertz CT molecular complexity index is 656. The van der Waals surface area contributed by atoms with Crippen molar-refractivity contribution in [2.45, 2.75) is 13.8 Å². The van der Waals surface area contributed by atoms with Crippen LogP contribution in [0.15, 0.2) is 24.4 Å². The molecule has 2 N–H and O–H groups in total. The molecular weight excluding hydrogens is 260 g/mol. The molecule has 104 valence electrons. The normalized spacial score (nSPS) is 10.3. The lowest BCUT2D eigenvalue weighted by Gasteiger charge is -2.07. The number of rotatable bonds is 3. The van der Waals surface area contributed by atoms with E-state index in [1.165, 1.54) is 18.3 Å². The van der Waals surface area contributed by atoms with Crippen molar-refractivity contribution in [2.24, 2.45) is 0 Å². The van der Waals surface area contributed by atoms with Gasteiger partial charge < -0.3 is 14.9 Å². The number of aromatic hydroxyl groups is 2. The summed E-state index contributed by atoms with van der Waals surface area (Å²) >= 11 is 0. The zero-order chi connectivity index (χ0) is 14.7. The van der Waals surface area contributed by atoms with Gasteiger partial charge in [0.2, 0.25) is 0 Å². The highest BCUT2D eigenvalue weighted by Gasteiger charge is 2.14. The van der Waals surface area contributed by atoms with Gasteiger partial charge in [-0.25, -0.2) is 14.8 Å². The molecule has 0 atom stereocenters. The molecule has 0 amide bonds. The average molecular weight is 274 g/mol. The minimum absolute atomic E-state index is 0.214. The van der Waals surface area contributed by atoms with Crippen LogP contribution in [0.5, 0.6) is 11.5 Å². The molecule has 1 heterocycles. The molecule has 0 aliphatic carbocycles. The fraction of sp³-hybridized carbons (Fsp3) is 0.214. The number of aromatic nitrogens is 2. The Morgan fingerprint density at radius 1 is 1.30 bits per heavy atom. The number of phenols is 2. The highest BCUT2D eigenvalue weighted by molar-refractivity contribution is 5.90. The largest absolute Gasteiger partial charge is 0.504 e. The molecule has 0 unspecified atom stereocenters. The molecule has 0 aliphatic rings. The Morgan fingerprint density at radius 2 is 2.05 bits per heavy atom. The van der Waals surface area contributed by atoms with Crippen LogP contribution >= 0.6 is 0 Å². The summed E-state index contributed by atoms with van der Waals surface area (Å²) in [6.45, 7) is 3.69. The Morgan fingerprint density at radius 3 is 2.65 bits per heavy atom. The molecule has 0 bridgehead atoms. The predicted octanol–water partition coefficient (Wildman–Crippen LogP) is 2.04. The fourth-order valence-electron chi connectivity index (χ4n) is 1.68. The van der Waals surface area contributed by atoms with Crippen LogP contribution in [-0.2, 0) is 4.74 Å². The van der Waals surface area contributed by atoms with Gasteiger partial charge in [0.1, 0.15) is 0 Å². The van der Waals surface area contributed by atoms with Crippen molar-refractivity contribution in [3.63, 3.8) is 0 Å². The van der Waals surface area contributed by atoms with Crippen molar-refractivity contribution in [3.8, 4) is 22.9 Å². The maximum absolute atomic E-state index is 11.6. The maximum atomic E-state index is 11.6. The van der Waals surface area contributed by atoms with Crippen LogP contribution < -0.4 is 0 Å². The zero-order valence-corrected chi connectivity index (χ0v) is 11.1. The molecule has 0 saturated heterocycles. The Balaban J connectivity index is 2.37. The summed E-state index contributed by atoms with van der Waals surface area (Å²) in [5.41, 5.74) is 1.33. The molecule has 2 aromatic rings. The van der Waals surface area contributed by atoms with Gasteiger partial charge in [0, 0.05) is 11.8 Å². The number of hydrogen-bond acceptors (Lipinski definition) is 6. The molecule has 6 heteroatoms. The lowest BCUT2D eigenvalue weighted by molar-refractivity contribution is 0.0524. The second-order valence-corrected chi connectivity index (χ2v) is 4.12. The minimum atomic E-state index is -0.467. The van der Waals surface area contributed by atoms with Gasteiger partial charge in [-0.2, -0.15) is 0 Å². The smallest absolute Gasteiger partial charge is 0.341 e. The molecule has 1 aromatic carbocycles. The van der Waals surface area contributed by atoms with Crippen LogP contribution in [0.2, 0.25) is 0 Å². The third-order valence-electron chi connectivity index (χ3n) is 2.71. The number of carbonyl (C=O) groups is 1. The fourth-order valence-corrected chi connectivity index (χ4v) is 1.68. The van der Waals surface area contributed by atoms with Crippen molar-refractivity contribution in [1.29, 1.82) is 0 Å². The number of benzene rings is 1. The van der Waals surface area contributed by atoms with E-state index in [-0.39, 0.29) is 18.1 Å². The van der Waals surface area contributed by atoms with Gasteiger partial charge in [0.25, 0.3) is 0 Å². The summed E-state index contributed by atoms with van der Waals surface area (Å²) in [6.07, 6.45) is 1.39. The number of esters is 1. The lowest BCUT2D eigenvalue weighted by atomic mass is 10.1. The van der Waals surface area contributed by atoms with E-state index in [1.54, 1.807) is 19.9 Å². The van der Waals surface area contributed by atoms with Crippen molar-refractivity contribution in [1.82, 2.24) is 9.97 Å². The first-order valence-corrected chi connectivity index (χ1v) is 6.06. The molecule has 1 aromatic heterocycles. The van der Waals surface area contributed by atoms with Gasteiger partial charge in [0.05, 0.1) is 17.9 Å². The van der Waals surface area contributed by atoms with Crippen LogP contribution in [0, 0.1) is 6.92 Å². The third kappa shape index (κ3) is 2.69. The Hall–Kier alpha value is -2.63. The van der Waals surface area contributed by atoms with Gasteiger partial charge >= 0.3 is 5.97 Å². The van der Waals surface area contributed by atoms with Crippen molar-refractivity contribution >= 4 is 5.97 Å². The molecule has 0 spiro atoms. The van der Waals surface area contributed by atoms with E-state index in [4.69, 9.17) is 4.74 Å². The van der Waals surface area contributed by atoms with Crippen molar-refractivity contribution in [3.05, 3.63) is 35.7 Å². The summed E-state index contributed by atoms with van der Waals surface area (Å²) in [6, 6.07) is 4.28. The third-order valence-corrected chi connectivity index (χ3v) is 2.71. The van der Waals surface area contributed by atoms with Gasteiger partial charge in [-0.15, -0.1) is 0 Å². The molecule has 20 heavy (non-hydrogen) atoms. The zero-order valence-electron chi connectivity index (χ0n) is 11.1. The minimum Gasteiger partial charge on any atom is -0.504 e.